The summed E-state index contributed by atoms with van der Waals surface area (Å²) < 4.78 is 0. The Hall–Kier alpha value is -1.16. The second-order valence-electron chi connectivity index (χ2n) is 4.04. The van der Waals surface area contributed by atoms with E-state index in [4.69, 9.17) is 0 Å². The number of guanidine groups is 1. The fourth-order valence-electron chi connectivity index (χ4n) is 1.66. The predicted molar refractivity (Wildman–Crippen MR) is 81.5 cm³/mol. The van der Waals surface area contributed by atoms with Crippen LogP contribution in [0.2, 0.25) is 0 Å². The number of nitrogens with zero attached hydrogens (tertiary/aromatic N) is 1. The Morgan fingerprint density at radius 1 is 1.22 bits per heavy atom. The highest BCUT2D eigenvalue weighted by atomic mass is 32.2. The van der Waals surface area contributed by atoms with Crippen molar-refractivity contribution < 1.29 is 0 Å². The molecule has 100 valence electrons. The molecule has 0 aromatic heterocycles. The van der Waals surface area contributed by atoms with Gasteiger partial charge < -0.3 is 10.6 Å². The van der Waals surface area contributed by atoms with Crippen LogP contribution in [0.5, 0.6) is 0 Å². The zero-order valence-corrected chi connectivity index (χ0v) is 12.5. The number of aliphatic imine (C=N–C) groups is 1. The third kappa shape index (κ3) is 4.61. The second-order valence-corrected chi connectivity index (χ2v) is 4.89. The highest BCUT2D eigenvalue weighted by Crippen LogP contribution is 2.22. The fraction of sp³-hybridized carbons (Fsp3) is 0.500. The standard InChI is InChI=1S/C14H23N3S/c1-5-15-14(16-6-2)17-10-12-8-7-11(3)9-13(12)18-4/h7-9H,5-6,10H2,1-4H3,(H2,15,16,17). The van der Waals surface area contributed by atoms with E-state index in [-0.39, 0.29) is 0 Å². The van der Waals surface area contributed by atoms with Crippen LogP contribution in [0.3, 0.4) is 0 Å². The molecule has 1 rings (SSSR count). The van der Waals surface area contributed by atoms with Gasteiger partial charge >= 0.3 is 0 Å². The Morgan fingerprint density at radius 2 is 1.89 bits per heavy atom. The Balaban J connectivity index is 2.79. The summed E-state index contributed by atoms with van der Waals surface area (Å²) in [6.45, 7) is 8.75. The van der Waals surface area contributed by atoms with Crippen molar-refractivity contribution in [3.8, 4) is 0 Å². The van der Waals surface area contributed by atoms with Crippen LogP contribution in [0.25, 0.3) is 0 Å². The lowest BCUT2D eigenvalue weighted by molar-refractivity contribution is 0.836. The lowest BCUT2D eigenvalue weighted by atomic mass is 10.1. The first-order valence-electron chi connectivity index (χ1n) is 6.37. The molecule has 0 amide bonds. The molecule has 0 saturated heterocycles. The molecule has 0 saturated carbocycles. The minimum Gasteiger partial charge on any atom is -0.357 e. The Kier molecular flexibility index (Phi) is 6.65. The summed E-state index contributed by atoms with van der Waals surface area (Å²) in [7, 11) is 0. The average molecular weight is 265 g/mol. The van der Waals surface area contributed by atoms with Gasteiger partial charge in [0.15, 0.2) is 5.96 Å². The first-order chi connectivity index (χ1) is 8.71. The highest BCUT2D eigenvalue weighted by molar-refractivity contribution is 7.98. The molecule has 0 fully saturated rings. The van der Waals surface area contributed by atoms with Crippen LogP contribution >= 0.6 is 11.8 Å². The zero-order valence-electron chi connectivity index (χ0n) is 11.7. The largest absolute Gasteiger partial charge is 0.357 e. The van der Waals surface area contributed by atoms with Crippen LogP contribution in [0.1, 0.15) is 25.0 Å². The SMILES string of the molecule is CCNC(=NCc1ccc(C)cc1SC)NCC. The summed E-state index contributed by atoms with van der Waals surface area (Å²) in [4.78, 5) is 5.90. The number of hydrogen-bond donors (Lipinski definition) is 2. The van der Waals surface area contributed by atoms with Gasteiger partial charge in [0.1, 0.15) is 0 Å². The summed E-state index contributed by atoms with van der Waals surface area (Å²) in [5.74, 6) is 0.882. The number of aryl methyl sites for hydroxylation is 1. The van der Waals surface area contributed by atoms with E-state index in [9.17, 15) is 0 Å². The van der Waals surface area contributed by atoms with Gasteiger partial charge in [-0.05, 0) is 44.2 Å². The molecule has 0 atom stereocenters. The predicted octanol–water partition coefficient (Wildman–Crippen LogP) is 2.79. The molecule has 3 nitrogen and oxygen atoms in total. The lowest BCUT2D eigenvalue weighted by Crippen LogP contribution is -2.36. The third-order valence-corrected chi connectivity index (χ3v) is 3.36. The second kappa shape index (κ2) is 8.03. The molecule has 0 aliphatic heterocycles. The van der Waals surface area contributed by atoms with Crippen LogP contribution in [-0.2, 0) is 6.54 Å². The van der Waals surface area contributed by atoms with Gasteiger partial charge in [0, 0.05) is 18.0 Å². The van der Waals surface area contributed by atoms with Crippen molar-refractivity contribution in [1.82, 2.24) is 10.6 Å². The van der Waals surface area contributed by atoms with E-state index in [0.29, 0.717) is 6.54 Å². The monoisotopic (exact) mass is 265 g/mol. The summed E-state index contributed by atoms with van der Waals surface area (Å²) in [6, 6.07) is 6.53. The van der Waals surface area contributed by atoms with Gasteiger partial charge in [0.2, 0.25) is 0 Å². The van der Waals surface area contributed by atoms with Gasteiger partial charge in [0.05, 0.1) is 6.54 Å². The molecule has 0 spiro atoms. The topological polar surface area (TPSA) is 36.4 Å². The fourth-order valence-corrected chi connectivity index (χ4v) is 2.35. The van der Waals surface area contributed by atoms with Crippen molar-refractivity contribution in [3.05, 3.63) is 29.3 Å². The van der Waals surface area contributed by atoms with Crippen molar-refractivity contribution in [2.45, 2.75) is 32.2 Å². The van der Waals surface area contributed by atoms with Gasteiger partial charge in [-0.1, -0.05) is 12.1 Å². The van der Waals surface area contributed by atoms with Crippen molar-refractivity contribution in [2.24, 2.45) is 4.99 Å². The summed E-state index contributed by atoms with van der Waals surface area (Å²) in [6.07, 6.45) is 2.11. The van der Waals surface area contributed by atoms with Crippen LogP contribution in [0.15, 0.2) is 28.1 Å². The first kappa shape index (κ1) is 14.9. The lowest BCUT2D eigenvalue weighted by Gasteiger charge is -2.10. The maximum absolute atomic E-state index is 4.59. The maximum Gasteiger partial charge on any atom is 0.191 e. The average Bonchev–Trinajstić information content (AvgIpc) is 2.37. The smallest absolute Gasteiger partial charge is 0.191 e. The molecule has 0 unspecified atom stereocenters. The van der Waals surface area contributed by atoms with Gasteiger partial charge in [-0.3, -0.25) is 0 Å². The number of benzene rings is 1. The number of thioether (sulfide) groups is 1. The van der Waals surface area contributed by atoms with Crippen LogP contribution in [-0.4, -0.2) is 25.3 Å². The van der Waals surface area contributed by atoms with E-state index in [1.54, 1.807) is 11.8 Å². The number of hydrogen-bond acceptors (Lipinski definition) is 2. The van der Waals surface area contributed by atoms with E-state index in [0.717, 1.165) is 19.0 Å². The normalized spacial score (nSPS) is 10.0. The maximum atomic E-state index is 4.59. The van der Waals surface area contributed by atoms with Gasteiger partial charge in [-0.25, -0.2) is 4.99 Å². The Labute approximate surface area is 114 Å². The van der Waals surface area contributed by atoms with E-state index in [1.165, 1.54) is 16.0 Å². The van der Waals surface area contributed by atoms with E-state index < -0.39 is 0 Å². The highest BCUT2D eigenvalue weighted by Gasteiger charge is 2.02. The Bertz CT molecular complexity index is 394. The van der Waals surface area contributed by atoms with Crippen molar-refractivity contribution in [2.75, 3.05) is 19.3 Å². The van der Waals surface area contributed by atoms with Crippen LogP contribution in [0, 0.1) is 6.92 Å². The molecule has 18 heavy (non-hydrogen) atoms. The quantitative estimate of drug-likeness (QED) is 0.488. The van der Waals surface area contributed by atoms with E-state index >= 15 is 0 Å². The van der Waals surface area contributed by atoms with Crippen molar-refractivity contribution >= 4 is 17.7 Å². The minimum atomic E-state index is 0.714. The molecule has 0 radical (unpaired) electrons. The van der Waals surface area contributed by atoms with Gasteiger partial charge in [-0.15, -0.1) is 11.8 Å². The zero-order chi connectivity index (χ0) is 13.4. The number of rotatable bonds is 5. The third-order valence-electron chi connectivity index (χ3n) is 2.54. The first-order valence-corrected chi connectivity index (χ1v) is 7.59. The van der Waals surface area contributed by atoms with Crippen LogP contribution < -0.4 is 10.6 Å². The molecule has 2 N–H and O–H groups in total. The van der Waals surface area contributed by atoms with Gasteiger partial charge in [-0.2, -0.15) is 0 Å². The molecule has 0 aliphatic rings. The molecular weight excluding hydrogens is 242 g/mol. The number of nitrogens with one attached hydrogen (secondary N) is 2. The summed E-state index contributed by atoms with van der Waals surface area (Å²) in [5.41, 5.74) is 2.58. The minimum absolute atomic E-state index is 0.714. The Morgan fingerprint density at radius 3 is 2.44 bits per heavy atom. The van der Waals surface area contributed by atoms with Gasteiger partial charge in [0.25, 0.3) is 0 Å². The van der Waals surface area contributed by atoms with Crippen molar-refractivity contribution in [3.63, 3.8) is 0 Å². The molecular formula is C14H23N3S. The molecule has 4 heteroatoms. The van der Waals surface area contributed by atoms with Crippen LogP contribution in [0.4, 0.5) is 0 Å². The van der Waals surface area contributed by atoms with E-state index in [2.05, 4.69) is 60.9 Å². The van der Waals surface area contributed by atoms with Crippen molar-refractivity contribution in [1.29, 1.82) is 0 Å². The molecule has 0 bridgehead atoms. The molecule has 1 aromatic rings. The molecule has 0 heterocycles. The summed E-state index contributed by atoms with van der Waals surface area (Å²) in [5, 5.41) is 6.47. The molecule has 1 aromatic carbocycles. The van der Waals surface area contributed by atoms with E-state index in [1.807, 2.05) is 0 Å². The molecule has 0 aliphatic carbocycles. The summed E-state index contributed by atoms with van der Waals surface area (Å²) >= 11 is 1.78.